The van der Waals surface area contributed by atoms with Crippen molar-refractivity contribution in [2.75, 3.05) is 18.4 Å². The Kier molecular flexibility index (Phi) is 4.50. The van der Waals surface area contributed by atoms with Crippen LogP contribution in [0.2, 0.25) is 0 Å². The molecule has 1 saturated heterocycles. The molecule has 1 aliphatic rings. The molecule has 0 aliphatic carbocycles. The molecule has 4 rings (SSSR count). The molecule has 1 unspecified atom stereocenters. The number of amides is 1. The topological polar surface area (TPSA) is 73.9 Å². The van der Waals surface area contributed by atoms with E-state index in [0.717, 1.165) is 30.7 Å². The van der Waals surface area contributed by atoms with Crippen LogP contribution < -0.4 is 5.32 Å². The number of thiazole rings is 1. The lowest BCUT2D eigenvalue weighted by molar-refractivity contribution is -0.114. The molecule has 0 radical (unpaired) electrons. The van der Waals surface area contributed by atoms with Gasteiger partial charge in [-0.05, 0) is 43.0 Å². The van der Waals surface area contributed by atoms with Crippen LogP contribution >= 0.6 is 11.3 Å². The molecular weight excluding hydrogens is 334 g/mol. The van der Waals surface area contributed by atoms with Gasteiger partial charge in [-0.2, -0.15) is 0 Å². The second kappa shape index (κ2) is 6.93. The molecule has 0 bridgehead atoms. The number of hydrogen-bond acceptors (Lipinski definition) is 5. The molecule has 3 aromatic heterocycles. The van der Waals surface area contributed by atoms with Crippen LogP contribution in [0, 0.1) is 0 Å². The number of likely N-dealkylation sites (tertiary alicyclic amines) is 1. The third-order valence-corrected chi connectivity index (χ3v) is 5.51. The zero-order valence-electron chi connectivity index (χ0n) is 14.2. The summed E-state index contributed by atoms with van der Waals surface area (Å²) in [6, 6.07) is 4.24. The van der Waals surface area contributed by atoms with Crippen molar-refractivity contribution in [3.8, 4) is 0 Å². The summed E-state index contributed by atoms with van der Waals surface area (Å²) in [5.74, 6) is 0.433. The third-order valence-electron chi connectivity index (χ3n) is 4.61. The number of nitrogens with zero attached hydrogens (tertiary/aromatic N) is 3. The summed E-state index contributed by atoms with van der Waals surface area (Å²) in [6.07, 6.45) is 8.21. The number of anilines is 1. The molecule has 1 aliphatic heterocycles. The van der Waals surface area contributed by atoms with Gasteiger partial charge < -0.3 is 10.3 Å². The summed E-state index contributed by atoms with van der Waals surface area (Å²) >= 11 is 1.55. The molecular formula is C18H21N5OS. The van der Waals surface area contributed by atoms with E-state index in [4.69, 9.17) is 0 Å². The van der Waals surface area contributed by atoms with Gasteiger partial charge in [0, 0.05) is 43.5 Å². The monoisotopic (exact) mass is 355 g/mol. The van der Waals surface area contributed by atoms with Gasteiger partial charge in [0.1, 0.15) is 0 Å². The van der Waals surface area contributed by atoms with E-state index in [-0.39, 0.29) is 5.91 Å². The van der Waals surface area contributed by atoms with Crippen LogP contribution in [0.25, 0.3) is 11.0 Å². The molecule has 6 nitrogen and oxygen atoms in total. The Hall–Kier alpha value is -2.25. The van der Waals surface area contributed by atoms with Crippen molar-refractivity contribution in [3.63, 3.8) is 0 Å². The Labute approximate surface area is 150 Å². The van der Waals surface area contributed by atoms with Crippen LogP contribution in [-0.4, -0.2) is 38.8 Å². The van der Waals surface area contributed by atoms with Gasteiger partial charge >= 0.3 is 0 Å². The second-order valence-corrected chi connectivity index (χ2v) is 7.68. The van der Waals surface area contributed by atoms with Gasteiger partial charge in [0.25, 0.3) is 0 Å². The maximum Gasteiger partial charge on any atom is 0.223 e. The molecule has 1 amide bonds. The molecule has 1 fully saturated rings. The lowest BCUT2D eigenvalue weighted by atomic mass is 9.91. The molecule has 0 aromatic carbocycles. The van der Waals surface area contributed by atoms with E-state index < -0.39 is 0 Å². The minimum Gasteiger partial charge on any atom is -0.360 e. The summed E-state index contributed by atoms with van der Waals surface area (Å²) < 4.78 is 0. The summed E-state index contributed by atoms with van der Waals surface area (Å²) in [4.78, 5) is 26.9. The normalized spacial score (nSPS) is 18.5. The minimum atomic E-state index is -0.0776. The van der Waals surface area contributed by atoms with E-state index in [9.17, 15) is 4.79 Å². The van der Waals surface area contributed by atoms with E-state index in [1.165, 1.54) is 30.2 Å². The molecule has 130 valence electrons. The highest BCUT2D eigenvalue weighted by Crippen LogP contribution is 2.29. The summed E-state index contributed by atoms with van der Waals surface area (Å²) in [6.45, 7) is 4.51. The number of piperidine rings is 1. The fraction of sp³-hybridized carbons (Fsp3) is 0.389. The number of carbonyl (C=O) groups is 1. The van der Waals surface area contributed by atoms with Crippen molar-refractivity contribution in [3.05, 3.63) is 41.2 Å². The molecule has 3 aromatic rings. The maximum atomic E-state index is 11.1. The lowest BCUT2D eigenvalue weighted by Gasteiger charge is -2.32. The highest BCUT2D eigenvalue weighted by molar-refractivity contribution is 7.15. The number of H-pyrrole nitrogens is 1. The molecule has 25 heavy (non-hydrogen) atoms. The first kappa shape index (κ1) is 16.2. The number of aromatic amines is 1. The molecule has 1 atom stereocenters. The molecule has 0 saturated carbocycles. The van der Waals surface area contributed by atoms with Gasteiger partial charge in [0.05, 0.1) is 11.0 Å². The minimum absolute atomic E-state index is 0.0776. The summed E-state index contributed by atoms with van der Waals surface area (Å²) in [5.41, 5.74) is 3.44. The van der Waals surface area contributed by atoms with E-state index in [2.05, 4.69) is 31.2 Å². The highest BCUT2D eigenvalue weighted by atomic mass is 32.1. The quantitative estimate of drug-likeness (QED) is 0.753. The van der Waals surface area contributed by atoms with Crippen LogP contribution in [0.15, 0.2) is 30.7 Å². The van der Waals surface area contributed by atoms with Crippen molar-refractivity contribution >= 4 is 33.4 Å². The number of carbonyl (C=O) groups excluding carboxylic acids is 1. The predicted molar refractivity (Wildman–Crippen MR) is 99.8 cm³/mol. The van der Waals surface area contributed by atoms with Crippen molar-refractivity contribution in [1.29, 1.82) is 0 Å². The first-order chi connectivity index (χ1) is 12.2. The number of nitrogens with one attached hydrogen (secondary N) is 2. The number of fused-ring (bicyclic) bond motifs is 1. The largest absolute Gasteiger partial charge is 0.360 e. The van der Waals surface area contributed by atoms with Crippen LogP contribution in [0.1, 0.15) is 36.1 Å². The zero-order chi connectivity index (χ0) is 17.2. The number of rotatable bonds is 4. The Bertz CT molecular complexity index is 886. The highest BCUT2D eigenvalue weighted by Gasteiger charge is 2.22. The molecule has 4 heterocycles. The third kappa shape index (κ3) is 3.72. The van der Waals surface area contributed by atoms with Crippen LogP contribution in [-0.2, 0) is 11.3 Å². The Morgan fingerprint density at radius 1 is 1.44 bits per heavy atom. The van der Waals surface area contributed by atoms with E-state index in [1.807, 2.05) is 24.7 Å². The number of hydrogen-bond donors (Lipinski definition) is 2. The van der Waals surface area contributed by atoms with E-state index >= 15 is 0 Å². The fourth-order valence-corrected chi connectivity index (χ4v) is 4.36. The average molecular weight is 355 g/mol. The Morgan fingerprint density at radius 2 is 2.36 bits per heavy atom. The summed E-state index contributed by atoms with van der Waals surface area (Å²) in [7, 11) is 0. The van der Waals surface area contributed by atoms with Gasteiger partial charge in [-0.25, -0.2) is 4.98 Å². The van der Waals surface area contributed by atoms with Gasteiger partial charge in [0.2, 0.25) is 5.91 Å². The van der Waals surface area contributed by atoms with Gasteiger partial charge in [-0.15, -0.1) is 11.3 Å². The zero-order valence-corrected chi connectivity index (χ0v) is 15.0. The molecule has 0 spiro atoms. The fourth-order valence-electron chi connectivity index (χ4n) is 3.45. The van der Waals surface area contributed by atoms with Gasteiger partial charge in [0.15, 0.2) is 5.13 Å². The lowest BCUT2D eigenvalue weighted by Crippen LogP contribution is -2.33. The Morgan fingerprint density at radius 3 is 3.24 bits per heavy atom. The standard InChI is InChI=1S/C18H21N5OS/c1-12(24)22-18-21-9-15(25-18)11-23-6-2-3-13(10-23)14-7-17-16(20-8-14)4-5-19-17/h4-5,7-9,13,19H,2-3,6,10-11H2,1H3,(H,21,22,24). The Balaban J connectivity index is 1.43. The van der Waals surface area contributed by atoms with Gasteiger partial charge in [-0.1, -0.05) is 0 Å². The maximum absolute atomic E-state index is 11.1. The SMILES string of the molecule is CC(=O)Nc1ncc(CN2CCCC(c3cnc4cc[nH]c4c3)C2)s1. The molecule has 2 N–H and O–H groups in total. The van der Waals surface area contributed by atoms with E-state index in [0.29, 0.717) is 11.0 Å². The van der Waals surface area contributed by atoms with Crippen LogP contribution in [0.3, 0.4) is 0 Å². The second-order valence-electron chi connectivity index (χ2n) is 6.57. The predicted octanol–water partition coefficient (Wildman–Crippen LogP) is 3.36. The number of pyridine rings is 1. The van der Waals surface area contributed by atoms with Crippen molar-refractivity contribution in [1.82, 2.24) is 19.9 Å². The van der Waals surface area contributed by atoms with Crippen molar-refractivity contribution in [2.45, 2.75) is 32.2 Å². The first-order valence-corrected chi connectivity index (χ1v) is 9.37. The summed E-state index contributed by atoms with van der Waals surface area (Å²) in [5, 5.41) is 3.43. The van der Waals surface area contributed by atoms with Crippen molar-refractivity contribution in [2.24, 2.45) is 0 Å². The molecule has 7 heteroatoms. The van der Waals surface area contributed by atoms with Crippen LogP contribution in [0.4, 0.5) is 5.13 Å². The van der Waals surface area contributed by atoms with Crippen molar-refractivity contribution < 1.29 is 4.79 Å². The van der Waals surface area contributed by atoms with Crippen LogP contribution in [0.5, 0.6) is 0 Å². The smallest absolute Gasteiger partial charge is 0.223 e. The first-order valence-electron chi connectivity index (χ1n) is 8.55. The van der Waals surface area contributed by atoms with Gasteiger partial charge in [-0.3, -0.25) is 14.7 Å². The van der Waals surface area contributed by atoms with E-state index in [1.54, 1.807) is 11.3 Å². The average Bonchev–Trinajstić information content (AvgIpc) is 3.23. The number of aromatic nitrogens is 3.